The minimum atomic E-state index is -5.08. The Bertz CT molecular complexity index is 842. The number of nitrogens with zero attached hydrogens (tertiary/aromatic N) is 2. The summed E-state index contributed by atoms with van der Waals surface area (Å²) >= 11 is 0. The van der Waals surface area contributed by atoms with Gasteiger partial charge in [0.05, 0.1) is 6.54 Å². The van der Waals surface area contributed by atoms with E-state index in [-0.39, 0.29) is 11.9 Å². The van der Waals surface area contributed by atoms with Crippen LogP contribution in [0.15, 0.2) is 24.3 Å². The van der Waals surface area contributed by atoms with Gasteiger partial charge in [0, 0.05) is 50.4 Å². The molecule has 2 aliphatic rings. The first-order valence-electron chi connectivity index (χ1n) is 9.10. The standard InChI is InChI=1S/C17H20N4O2.C2HF3O2/c22-16-6-10-21(17(23)19-16)15-5-1-3-14(13-15)4-2-9-20-11-7-18-8-12-20;3-2(4,5)1(6)7/h1,3,5,13,18H,6-12H2,(H,19,22,23);(H,6,7). The molecule has 0 radical (unpaired) electrons. The lowest BCUT2D eigenvalue weighted by Crippen LogP contribution is -2.49. The molecule has 0 unspecified atom stereocenters. The predicted molar refractivity (Wildman–Crippen MR) is 102 cm³/mol. The van der Waals surface area contributed by atoms with E-state index in [0.29, 0.717) is 13.0 Å². The summed E-state index contributed by atoms with van der Waals surface area (Å²) in [6, 6.07) is 7.19. The molecular formula is C19H21F3N4O4. The first-order valence-corrected chi connectivity index (χ1v) is 9.10. The predicted octanol–water partition coefficient (Wildman–Crippen LogP) is 1.02. The average molecular weight is 426 g/mol. The number of carboxylic acid groups (broad SMARTS) is 1. The third kappa shape index (κ3) is 7.38. The van der Waals surface area contributed by atoms with E-state index >= 15 is 0 Å². The zero-order chi connectivity index (χ0) is 22.1. The van der Waals surface area contributed by atoms with Crippen LogP contribution in [-0.2, 0) is 9.59 Å². The van der Waals surface area contributed by atoms with Crippen molar-refractivity contribution in [2.45, 2.75) is 12.6 Å². The number of aliphatic carboxylic acids is 1. The molecule has 3 rings (SSSR count). The number of carboxylic acids is 1. The number of urea groups is 1. The molecule has 2 heterocycles. The Balaban J connectivity index is 0.000000396. The number of halogens is 3. The summed E-state index contributed by atoms with van der Waals surface area (Å²) in [4.78, 5) is 35.9. The molecule has 0 aromatic heterocycles. The lowest BCUT2D eigenvalue weighted by atomic mass is 10.1. The molecule has 3 N–H and O–H groups in total. The van der Waals surface area contributed by atoms with E-state index in [1.165, 1.54) is 0 Å². The first kappa shape index (κ1) is 23.2. The smallest absolute Gasteiger partial charge is 0.475 e. The van der Waals surface area contributed by atoms with E-state index < -0.39 is 12.1 Å². The van der Waals surface area contributed by atoms with Crippen molar-refractivity contribution in [2.24, 2.45) is 0 Å². The zero-order valence-corrected chi connectivity index (χ0v) is 16.0. The van der Waals surface area contributed by atoms with E-state index in [2.05, 4.69) is 27.4 Å². The van der Waals surface area contributed by atoms with Crippen molar-refractivity contribution in [3.8, 4) is 11.8 Å². The van der Waals surface area contributed by atoms with Crippen LogP contribution >= 0.6 is 0 Å². The molecule has 0 spiro atoms. The highest BCUT2D eigenvalue weighted by Crippen LogP contribution is 2.18. The van der Waals surface area contributed by atoms with Crippen LogP contribution in [0.4, 0.5) is 23.7 Å². The Morgan fingerprint density at radius 3 is 2.43 bits per heavy atom. The maximum Gasteiger partial charge on any atom is 0.490 e. The van der Waals surface area contributed by atoms with Crippen LogP contribution < -0.4 is 15.5 Å². The number of carbonyl (C=O) groups excluding carboxylic acids is 2. The summed E-state index contributed by atoms with van der Waals surface area (Å²) in [5.41, 5.74) is 1.64. The molecule has 30 heavy (non-hydrogen) atoms. The van der Waals surface area contributed by atoms with Crippen molar-refractivity contribution in [1.82, 2.24) is 15.5 Å². The SMILES string of the molecule is O=C(O)C(F)(F)F.O=C1CCN(c2cccc(C#CCN3CCNCC3)c2)C(=O)N1. The second-order valence-electron chi connectivity index (χ2n) is 6.44. The van der Waals surface area contributed by atoms with Gasteiger partial charge in [-0.2, -0.15) is 13.2 Å². The van der Waals surface area contributed by atoms with E-state index in [0.717, 1.165) is 44.0 Å². The maximum absolute atomic E-state index is 11.9. The molecule has 1 aromatic rings. The van der Waals surface area contributed by atoms with Gasteiger partial charge in [0.2, 0.25) is 5.91 Å². The Hall–Kier alpha value is -3.10. The quantitative estimate of drug-likeness (QED) is 0.611. The topological polar surface area (TPSA) is 102 Å². The highest BCUT2D eigenvalue weighted by Gasteiger charge is 2.38. The summed E-state index contributed by atoms with van der Waals surface area (Å²) in [6.45, 7) is 5.24. The van der Waals surface area contributed by atoms with Crippen molar-refractivity contribution < 1.29 is 32.7 Å². The Labute approximate surface area is 171 Å². The Morgan fingerprint density at radius 2 is 1.83 bits per heavy atom. The monoisotopic (exact) mass is 426 g/mol. The fourth-order valence-electron chi connectivity index (χ4n) is 2.68. The van der Waals surface area contributed by atoms with Gasteiger partial charge in [-0.15, -0.1) is 0 Å². The second kappa shape index (κ2) is 10.6. The lowest BCUT2D eigenvalue weighted by molar-refractivity contribution is -0.192. The summed E-state index contributed by atoms with van der Waals surface area (Å²) < 4.78 is 31.7. The Kier molecular flexibility index (Phi) is 8.20. The van der Waals surface area contributed by atoms with Gasteiger partial charge >= 0.3 is 18.2 Å². The molecule has 2 fully saturated rings. The van der Waals surface area contributed by atoms with Gasteiger partial charge in [0.1, 0.15) is 0 Å². The second-order valence-corrected chi connectivity index (χ2v) is 6.44. The number of alkyl halides is 3. The summed E-state index contributed by atoms with van der Waals surface area (Å²) in [5.74, 6) is 3.37. The number of carbonyl (C=O) groups is 3. The lowest BCUT2D eigenvalue weighted by Gasteiger charge is -2.26. The molecule has 0 bridgehead atoms. The molecule has 3 amide bonds. The van der Waals surface area contributed by atoms with Crippen LogP contribution in [0.25, 0.3) is 0 Å². The molecule has 162 valence electrons. The molecule has 1 aromatic carbocycles. The number of hydrogen-bond acceptors (Lipinski definition) is 5. The number of rotatable bonds is 2. The van der Waals surface area contributed by atoms with Crippen LogP contribution in [-0.4, -0.2) is 73.4 Å². The third-order valence-electron chi connectivity index (χ3n) is 4.20. The number of amides is 3. The van der Waals surface area contributed by atoms with Crippen LogP contribution in [0.3, 0.4) is 0 Å². The molecule has 8 nitrogen and oxygen atoms in total. The van der Waals surface area contributed by atoms with Crippen LogP contribution in [0.2, 0.25) is 0 Å². The largest absolute Gasteiger partial charge is 0.490 e. The van der Waals surface area contributed by atoms with Gasteiger partial charge in [-0.05, 0) is 18.2 Å². The van der Waals surface area contributed by atoms with E-state index in [1.54, 1.807) is 4.90 Å². The molecule has 0 atom stereocenters. The van der Waals surface area contributed by atoms with Crippen molar-refractivity contribution in [3.63, 3.8) is 0 Å². The number of anilines is 1. The molecule has 2 aliphatic heterocycles. The minimum absolute atomic E-state index is 0.224. The maximum atomic E-state index is 11.9. The summed E-state index contributed by atoms with van der Waals surface area (Å²) in [5, 5.41) is 12.8. The van der Waals surface area contributed by atoms with Gasteiger partial charge in [-0.25, -0.2) is 9.59 Å². The van der Waals surface area contributed by atoms with Crippen LogP contribution in [0.1, 0.15) is 12.0 Å². The van der Waals surface area contributed by atoms with E-state index in [1.807, 2.05) is 24.3 Å². The number of piperazine rings is 1. The fourth-order valence-corrected chi connectivity index (χ4v) is 2.68. The number of hydrogen-bond donors (Lipinski definition) is 3. The van der Waals surface area contributed by atoms with Crippen LogP contribution in [0.5, 0.6) is 0 Å². The molecule has 2 saturated heterocycles. The average Bonchev–Trinajstić information content (AvgIpc) is 2.69. The normalized spacial score (nSPS) is 17.2. The van der Waals surface area contributed by atoms with Gasteiger partial charge < -0.3 is 10.4 Å². The number of benzene rings is 1. The highest BCUT2D eigenvalue weighted by molar-refractivity contribution is 6.05. The molecule has 0 saturated carbocycles. The van der Waals surface area contributed by atoms with Gasteiger partial charge in [0.15, 0.2) is 0 Å². The van der Waals surface area contributed by atoms with E-state index in [9.17, 15) is 22.8 Å². The van der Waals surface area contributed by atoms with E-state index in [4.69, 9.17) is 9.90 Å². The summed E-state index contributed by atoms with van der Waals surface area (Å²) in [6.07, 6.45) is -4.76. The van der Waals surface area contributed by atoms with Crippen molar-refractivity contribution in [2.75, 3.05) is 44.2 Å². The fraction of sp³-hybridized carbons (Fsp3) is 0.421. The molecule has 11 heteroatoms. The van der Waals surface area contributed by atoms with Gasteiger partial charge in [0.25, 0.3) is 0 Å². The molecule has 0 aliphatic carbocycles. The highest BCUT2D eigenvalue weighted by atomic mass is 19.4. The van der Waals surface area contributed by atoms with Crippen LogP contribution in [0, 0.1) is 11.8 Å². The Morgan fingerprint density at radius 1 is 1.17 bits per heavy atom. The van der Waals surface area contributed by atoms with Gasteiger partial charge in [-0.1, -0.05) is 17.9 Å². The number of imide groups is 1. The van der Waals surface area contributed by atoms with Crippen molar-refractivity contribution in [3.05, 3.63) is 29.8 Å². The number of nitrogens with one attached hydrogen (secondary N) is 2. The van der Waals surface area contributed by atoms with Crippen molar-refractivity contribution in [1.29, 1.82) is 0 Å². The van der Waals surface area contributed by atoms with Gasteiger partial charge in [-0.3, -0.25) is 19.9 Å². The third-order valence-corrected chi connectivity index (χ3v) is 4.20. The zero-order valence-electron chi connectivity index (χ0n) is 16.0. The van der Waals surface area contributed by atoms with Crippen molar-refractivity contribution >= 4 is 23.6 Å². The minimum Gasteiger partial charge on any atom is -0.475 e. The first-order chi connectivity index (χ1) is 14.2. The molecular weight excluding hydrogens is 405 g/mol. The summed E-state index contributed by atoms with van der Waals surface area (Å²) in [7, 11) is 0.